The Hall–Kier alpha value is -0.690. The Kier molecular flexibility index (Phi) is 6.56. The molecule has 0 bridgehead atoms. The van der Waals surface area contributed by atoms with Crippen LogP contribution in [0.25, 0.3) is 6.08 Å². The number of esters is 1. The molecule has 0 aliphatic carbocycles. The lowest BCUT2D eigenvalue weighted by Gasteiger charge is -2.15. The minimum Gasteiger partial charge on any atom is -0.458 e. The molecule has 0 saturated carbocycles. The van der Waals surface area contributed by atoms with Crippen LogP contribution in [0.4, 0.5) is 0 Å². The van der Waals surface area contributed by atoms with Crippen molar-refractivity contribution in [1.82, 2.24) is 4.98 Å². The second kappa shape index (κ2) is 7.68. The zero-order valence-corrected chi connectivity index (χ0v) is 13.6. The van der Waals surface area contributed by atoms with Gasteiger partial charge in [0.2, 0.25) is 0 Å². The molecule has 1 atom stereocenters. The highest BCUT2D eigenvalue weighted by Crippen LogP contribution is 2.17. The molecular formula is C13H16INO2S. The highest BCUT2D eigenvalue weighted by atomic mass is 127. The molecule has 0 saturated heterocycles. The molecule has 0 aliphatic heterocycles. The summed E-state index contributed by atoms with van der Waals surface area (Å²) in [5, 5.41) is 3.03. The first-order chi connectivity index (χ1) is 8.52. The highest BCUT2D eigenvalue weighted by molar-refractivity contribution is 14.1. The lowest BCUT2D eigenvalue weighted by Crippen LogP contribution is -2.16. The van der Waals surface area contributed by atoms with Gasteiger partial charge in [-0.1, -0.05) is 28.7 Å². The average molecular weight is 377 g/mol. The molecule has 0 aliphatic rings. The quantitative estimate of drug-likeness (QED) is 0.572. The van der Waals surface area contributed by atoms with Gasteiger partial charge in [-0.05, 0) is 29.6 Å². The minimum atomic E-state index is -0.260. The van der Waals surface area contributed by atoms with E-state index in [2.05, 4.69) is 27.6 Å². The van der Waals surface area contributed by atoms with E-state index in [1.807, 2.05) is 35.5 Å². The van der Waals surface area contributed by atoms with Gasteiger partial charge < -0.3 is 4.74 Å². The van der Waals surface area contributed by atoms with Crippen LogP contribution < -0.4 is 0 Å². The van der Waals surface area contributed by atoms with E-state index in [0.717, 1.165) is 16.3 Å². The van der Waals surface area contributed by atoms with Crippen molar-refractivity contribution < 1.29 is 9.53 Å². The second-order valence-corrected chi connectivity index (χ2v) is 5.66. The van der Waals surface area contributed by atoms with Gasteiger partial charge in [0.25, 0.3) is 0 Å². The Morgan fingerprint density at radius 2 is 2.33 bits per heavy atom. The first kappa shape index (κ1) is 15.4. The van der Waals surface area contributed by atoms with Gasteiger partial charge in [0.05, 0.1) is 10.7 Å². The van der Waals surface area contributed by atoms with Crippen LogP contribution in [0.2, 0.25) is 0 Å². The molecule has 0 aromatic carbocycles. The topological polar surface area (TPSA) is 39.2 Å². The van der Waals surface area contributed by atoms with Crippen molar-refractivity contribution in [3.8, 4) is 0 Å². The number of thiazole rings is 1. The molecule has 1 aromatic rings. The largest absolute Gasteiger partial charge is 0.458 e. The minimum absolute atomic E-state index is 0.212. The van der Waals surface area contributed by atoms with Gasteiger partial charge in [-0.2, -0.15) is 0 Å². The summed E-state index contributed by atoms with van der Waals surface area (Å²) in [7, 11) is 0. The van der Waals surface area contributed by atoms with Crippen molar-refractivity contribution in [1.29, 1.82) is 0 Å². The lowest BCUT2D eigenvalue weighted by atomic mass is 10.1. The molecule has 1 heterocycles. The van der Waals surface area contributed by atoms with Crippen LogP contribution in [-0.4, -0.2) is 17.1 Å². The predicted molar refractivity (Wildman–Crippen MR) is 83.8 cm³/mol. The average Bonchev–Trinajstić information content (AvgIpc) is 2.69. The third-order valence-electron chi connectivity index (χ3n) is 2.27. The van der Waals surface area contributed by atoms with Crippen LogP contribution in [0.5, 0.6) is 0 Å². The molecule has 0 fully saturated rings. The first-order valence-corrected chi connectivity index (χ1v) is 7.68. The Morgan fingerprint density at radius 1 is 1.61 bits per heavy atom. The normalized spacial score (nSPS) is 13.9. The summed E-state index contributed by atoms with van der Waals surface area (Å²) >= 11 is 3.76. The molecule has 0 N–H and O–H groups in total. The fourth-order valence-electron chi connectivity index (χ4n) is 1.47. The summed E-state index contributed by atoms with van der Waals surface area (Å²) in [6, 6.07) is 0. The maximum atomic E-state index is 11.1. The molecule has 0 amide bonds. The number of hydrogen-bond donors (Lipinski definition) is 0. The molecule has 0 unspecified atom stereocenters. The summed E-state index contributed by atoms with van der Waals surface area (Å²) in [5.41, 5.74) is 1.93. The van der Waals surface area contributed by atoms with Gasteiger partial charge >= 0.3 is 5.97 Å². The van der Waals surface area contributed by atoms with Crippen LogP contribution in [0.1, 0.15) is 31.0 Å². The van der Waals surface area contributed by atoms with Crippen LogP contribution in [0.3, 0.4) is 0 Å². The van der Waals surface area contributed by atoms with E-state index in [9.17, 15) is 4.79 Å². The van der Waals surface area contributed by atoms with E-state index >= 15 is 0 Å². The lowest BCUT2D eigenvalue weighted by molar-refractivity contribution is -0.144. The Labute approximate surface area is 125 Å². The fraction of sp³-hybridized carbons (Fsp3) is 0.385. The molecule has 1 rings (SSSR count). The molecule has 98 valence electrons. The Balaban J connectivity index is 2.82. The molecule has 5 heteroatoms. The number of aryl methyl sites for hydroxylation is 1. The number of carbonyl (C=O) groups excluding carboxylic acids is 1. The van der Waals surface area contributed by atoms with Crippen LogP contribution in [-0.2, 0) is 9.53 Å². The summed E-state index contributed by atoms with van der Waals surface area (Å²) in [4.78, 5) is 15.5. The number of carbonyl (C=O) groups is 1. The smallest absolute Gasteiger partial charge is 0.303 e. The first-order valence-electron chi connectivity index (χ1n) is 5.55. The standard InChI is InChI=1S/C13H16INO2S/c1-9(7-12-8-18-10(2)15-12)13(5-4-6-14)17-11(3)16/h4,6-8,13H,5H2,1-3H3/b6-4-,9-7+/t13-/m1/s1. The summed E-state index contributed by atoms with van der Waals surface area (Å²) < 4.78 is 7.23. The molecule has 1 aromatic heterocycles. The number of halogens is 1. The molecule has 18 heavy (non-hydrogen) atoms. The van der Waals surface area contributed by atoms with Crippen molar-refractivity contribution in [3.05, 3.63) is 31.8 Å². The van der Waals surface area contributed by atoms with Gasteiger partial charge in [0, 0.05) is 18.7 Å². The predicted octanol–water partition coefficient (Wildman–Crippen LogP) is 4.13. The Morgan fingerprint density at radius 3 is 2.83 bits per heavy atom. The number of aromatic nitrogens is 1. The van der Waals surface area contributed by atoms with E-state index in [-0.39, 0.29) is 12.1 Å². The monoisotopic (exact) mass is 377 g/mol. The SMILES string of the molecule is CC(=O)O[C@H](C/C=C\I)/C(C)=C/c1csc(C)n1. The number of hydrogen-bond acceptors (Lipinski definition) is 4. The van der Waals surface area contributed by atoms with Crippen molar-refractivity contribution in [3.63, 3.8) is 0 Å². The molecule has 0 spiro atoms. The summed E-state index contributed by atoms with van der Waals surface area (Å²) in [6.07, 6.45) is 4.43. The van der Waals surface area contributed by atoms with E-state index in [4.69, 9.17) is 4.74 Å². The maximum absolute atomic E-state index is 11.1. The van der Waals surface area contributed by atoms with Gasteiger partial charge in [0.15, 0.2) is 0 Å². The van der Waals surface area contributed by atoms with Crippen molar-refractivity contribution in [2.45, 2.75) is 33.3 Å². The van der Waals surface area contributed by atoms with Crippen molar-refractivity contribution in [2.24, 2.45) is 0 Å². The zero-order chi connectivity index (χ0) is 13.5. The number of rotatable bonds is 5. The van der Waals surface area contributed by atoms with Crippen LogP contribution >= 0.6 is 33.9 Å². The fourth-order valence-corrected chi connectivity index (χ4v) is 2.34. The maximum Gasteiger partial charge on any atom is 0.303 e. The summed E-state index contributed by atoms with van der Waals surface area (Å²) in [5.74, 6) is -0.260. The number of ether oxygens (including phenoxy) is 1. The highest BCUT2D eigenvalue weighted by Gasteiger charge is 2.13. The van der Waals surface area contributed by atoms with E-state index < -0.39 is 0 Å². The molecule has 0 radical (unpaired) electrons. The second-order valence-electron chi connectivity index (χ2n) is 3.88. The Bertz CT molecular complexity index is 465. The van der Waals surface area contributed by atoms with E-state index in [1.54, 1.807) is 11.3 Å². The van der Waals surface area contributed by atoms with Gasteiger partial charge in [-0.3, -0.25) is 4.79 Å². The zero-order valence-electron chi connectivity index (χ0n) is 10.6. The molecule has 3 nitrogen and oxygen atoms in total. The van der Waals surface area contributed by atoms with Gasteiger partial charge in [-0.25, -0.2) is 4.98 Å². The van der Waals surface area contributed by atoms with Crippen LogP contribution in [0.15, 0.2) is 21.1 Å². The van der Waals surface area contributed by atoms with E-state index in [1.165, 1.54) is 6.92 Å². The van der Waals surface area contributed by atoms with Gasteiger partial charge in [-0.15, -0.1) is 11.3 Å². The number of nitrogens with zero attached hydrogens (tertiary/aromatic N) is 1. The molecular weight excluding hydrogens is 361 g/mol. The van der Waals surface area contributed by atoms with Crippen molar-refractivity contribution in [2.75, 3.05) is 0 Å². The summed E-state index contributed by atoms with van der Waals surface area (Å²) in [6.45, 7) is 5.37. The third kappa shape index (κ3) is 5.30. The van der Waals surface area contributed by atoms with E-state index in [0.29, 0.717) is 6.42 Å². The van der Waals surface area contributed by atoms with Crippen LogP contribution in [0, 0.1) is 6.92 Å². The third-order valence-corrected chi connectivity index (χ3v) is 3.57. The van der Waals surface area contributed by atoms with Gasteiger partial charge in [0.1, 0.15) is 6.10 Å². The van der Waals surface area contributed by atoms with Crippen molar-refractivity contribution >= 4 is 46.0 Å².